The molecule has 0 saturated carbocycles. The third-order valence-corrected chi connectivity index (χ3v) is 15.6. The van der Waals surface area contributed by atoms with E-state index in [0.29, 0.717) is 19.5 Å². The van der Waals surface area contributed by atoms with Crippen molar-refractivity contribution in [1.82, 2.24) is 15.1 Å². The van der Waals surface area contributed by atoms with E-state index in [9.17, 15) is 35.1 Å². The highest BCUT2D eigenvalue weighted by Gasteiger charge is 2.53. The third kappa shape index (κ3) is 14.7. The number of esters is 1. The van der Waals surface area contributed by atoms with E-state index in [4.69, 9.17) is 28.4 Å². The molecule has 6 N–H and O–H groups in total. The summed E-state index contributed by atoms with van der Waals surface area (Å²) in [5, 5.41) is 62.4. The van der Waals surface area contributed by atoms with E-state index in [1.54, 1.807) is 41.5 Å². The molecule has 18 atom stereocenters. The number of alkyl halides is 1. The Balaban J connectivity index is 1.69. The Labute approximate surface area is 401 Å². The zero-order valence-corrected chi connectivity index (χ0v) is 43.1. The molecule has 374 valence electrons. The number of carbonyl (C=O) groups is 2. The van der Waals surface area contributed by atoms with Crippen LogP contribution in [0.2, 0.25) is 0 Å². The van der Waals surface area contributed by atoms with Gasteiger partial charge in [0.1, 0.15) is 23.9 Å². The van der Waals surface area contributed by atoms with Crippen molar-refractivity contribution in [1.29, 1.82) is 0 Å². The quantitative estimate of drug-likeness (QED) is 0.0679. The van der Waals surface area contributed by atoms with Crippen LogP contribution in [0.25, 0.3) is 0 Å². The van der Waals surface area contributed by atoms with Crippen LogP contribution < -0.4 is 5.32 Å². The molecule has 17 heteroatoms. The first kappa shape index (κ1) is 56.0. The van der Waals surface area contributed by atoms with Crippen molar-refractivity contribution >= 4 is 34.5 Å². The number of methoxy groups -OCH3 is 1. The summed E-state index contributed by atoms with van der Waals surface area (Å²) in [5.74, 6) is -3.09. The minimum atomic E-state index is -1.95. The molecule has 65 heavy (non-hydrogen) atoms. The smallest absolute Gasteiger partial charge is 0.312 e. The summed E-state index contributed by atoms with van der Waals surface area (Å²) in [6.45, 7) is 16.6. The molecular weight excluding hydrogens is 953 g/mol. The van der Waals surface area contributed by atoms with Crippen LogP contribution in [0.5, 0.6) is 0 Å². The highest BCUT2D eigenvalue weighted by molar-refractivity contribution is 14.1. The van der Waals surface area contributed by atoms with Gasteiger partial charge in [-0.2, -0.15) is 0 Å². The molecule has 3 aliphatic heterocycles. The molecule has 1 aromatic rings. The van der Waals surface area contributed by atoms with Gasteiger partial charge in [0.05, 0.1) is 41.5 Å². The highest BCUT2D eigenvalue weighted by atomic mass is 127. The Kier molecular flexibility index (Phi) is 20.9. The monoisotopic (exact) mass is 1040 g/mol. The van der Waals surface area contributed by atoms with Crippen LogP contribution in [0, 0.1) is 17.8 Å². The van der Waals surface area contributed by atoms with Gasteiger partial charge in [-0.3, -0.25) is 14.5 Å². The van der Waals surface area contributed by atoms with Gasteiger partial charge in [-0.25, -0.2) is 0 Å². The molecule has 0 aromatic heterocycles. The summed E-state index contributed by atoms with van der Waals surface area (Å²) in [5.41, 5.74) is -3.43. The van der Waals surface area contributed by atoms with Gasteiger partial charge in [-0.1, -0.05) is 44.2 Å². The Morgan fingerprint density at radius 1 is 0.954 bits per heavy atom. The fourth-order valence-corrected chi connectivity index (χ4v) is 10.6. The fourth-order valence-electron chi connectivity index (χ4n) is 9.97. The first-order chi connectivity index (χ1) is 30.3. The molecule has 1 amide bonds. The van der Waals surface area contributed by atoms with Crippen LogP contribution in [-0.4, -0.2) is 176 Å². The molecule has 16 nitrogen and oxygen atoms in total. The van der Waals surface area contributed by atoms with Gasteiger partial charge in [-0.15, -0.1) is 0 Å². The number of amides is 1. The van der Waals surface area contributed by atoms with E-state index >= 15 is 0 Å². The molecule has 0 aliphatic carbocycles. The van der Waals surface area contributed by atoms with E-state index in [2.05, 4.69) is 17.4 Å². The first-order valence-corrected chi connectivity index (χ1v) is 24.8. The number of halogens is 1. The van der Waals surface area contributed by atoms with Crippen molar-refractivity contribution in [3.63, 3.8) is 0 Å². The van der Waals surface area contributed by atoms with E-state index in [-0.39, 0.29) is 49.8 Å². The second-order valence-electron chi connectivity index (χ2n) is 20.2. The average Bonchev–Trinajstić information content (AvgIpc) is 3.24. The summed E-state index contributed by atoms with van der Waals surface area (Å²) in [6, 6.07) is 9.15. The van der Waals surface area contributed by atoms with Crippen molar-refractivity contribution in [3.05, 3.63) is 35.9 Å². The van der Waals surface area contributed by atoms with Crippen LogP contribution in [0.3, 0.4) is 0 Å². The van der Waals surface area contributed by atoms with Crippen LogP contribution in [0.4, 0.5) is 0 Å². The van der Waals surface area contributed by atoms with Crippen LogP contribution >= 0.6 is 22.6 Å². The molecule has 0 radical (unpaired) electrons. The number of carbonyl (C=O) groups excluding carboxylic acids is 2. The van der Waals surface area contributed by atoms with Gasteiger partial charge in [0.15, 0.2) is 16.7 Å². The van der Waals surface area contributed by atoms with Gasteiger partial charge in [0.2, 0.25) is 5.91 Å². The number of hydrogen-bond donors (Lipinski definition) is 6. The van der Waals surface area contributed by atoms with Crippen LogP contribution in [0.1, 0.15) is 106 Å². The van der Waals surface area contributed by atoms with Crippen molar-refractivity contribution < 1.29 is 63.5 Å². The van der Waals surface area contributed by atoms with Crippen LogP contribution in [0.15, 0.2) is 30.3 Å². The SMILES string of the molecule is CO[C@]1(C)C[C@H](O[C@H]2[C@H](C)[C@@H](O[C@@H]3O[C@H](C)C[C@H](N(C)C)[C@H]3O)[C@](C)(O)C[C@@H](C)CN(CCC(=O)NCCCCc3ccccc3)[C@H](C)[C@@H](O)[C@](C)(O)[C@@H](I)OC(=O)[C@@H]2C)O[C@@H](C)[C@@H]1O. The van der Waals surface area contributed by atoms with Crippen molar-refractivity contribution in [3.8, 4) is 0 Å². The van der Waals surface area contributed by atoms with Gasteiger partial charge < -0.3 is 64.2 Å². The molecule has 1 aromatic carbocycles. The summed E-state index contributed by atoms with van der Waals surface area (Å²) in [4.78, 5) is 31.4. The zero-order valence-electron chi connectivity index (χ0n) is 40.9. The van der Waals surface area contributed by atoms with Gasteiger partial charge in [0, 0.05) is 57.6 Å². The number of unbranched alkanes of at least 4 members (excludes halogenated alkanes) is 1. The Morgan fingerprint density at radius 3 is 2.25 bits per heavy atom. The zero-order chi connectivity index (χ0) is 48.6. The van der Waals surface area contributed by atoms with E-state index in [1.807, 2.05) is 78.5 Å². The summed E-state index contributed by atoms with van der Waals surface area (Å²) >= 11 is 1.82. The fraction of sp³-hybridized carbons (Fsp3) is 0.833. The molecule has 0 spiro atoms. The summed E-state index contributed by atoms with van der Waals surface area (Å²) < 4.78 is 36.5. The third-order valence-electron chi connectivity index (χ3n) is 14.1. The molecule has 3 saturated heterocycles. The van der Waals surface area contributed by atoms with Crippen molar-refractivity contribution in [2.75, 3.05) is 40.8 Å². The number of benzene rings is 1. The van der Waals surface area contributed by atoms with E-state index < -0.39 is 94.0 Å². The number of aliphatic hydroxyl groups is 5. The van der Waals surface area contributed by atoms with E-state index in [0.717, 1.165) is 19.3 Å². The predicted molar refractivity (Wildman–Crippen MR) is 254 cm³/mol. The number of aliphatic hydroxyl groups excluding tert-OH is 3. The predicted octanol–water partition coefficient (Wildman–Crippen LogP) is 3.78. The molecule has 3 fully saturated rings. The summed E-state index contributed by atoms with van der Waals surface area (Å²) in [7, 11) is 5.25. The maximum atomic E-state index is 14.4. The Hall–Kier alpha value is -1.59. The maximum Gasteiger partial charge on any atom is 0.312 e. The number of cyclic esters (lactones) is 1. The first-order valence-electron chi connectivity index (χ1n) is 23.5. The number of rotatable bonds is 14. The summed E-state index contributed by atoms with van der Waals surface area (Å²) in [6.07, 6.45) is -5.33. The second-order valence-corrected chi connectivity index (χ2v) is 21.3. The molecule has 0 unspecified atom stereocenters. The lowest BCUT2D eigenvalue weighted by Gasteiger charge is -2.48. The number of nitrogens with one attached hydrogen (secondary N) is 1. The minimum absolute atomic E-state index is 0.0985. The second kappa shape index (κ2) is 24.3. The van der Waals surface area contributed by atoms with E-state index in [1.165, 1.54) is 19.6 Å². The maximum absolute atomic E-state index is 14.4. The Bertz CT molecular complexity index is 1630. The molecule has 3 heterocycles. The molecule has 4 rings (SSSR count). The number of nitrogens with zero attached hydrogens (tertiary/aromatic N) is 2. The van der Waals surface area contributed by atoms with Crippen molar-refractivity contribution in [2.45, 2.75) is 196 Å². The van der Waals surface area contributed by atoms with Crippen LogP contribution in [-0.2, 0) is 44.4 Å². The number of aryl methyl sites for hydroxylation is 1. The number of ether oxygens (including phenoxy) is 6. The lowest BCUT2D eigenvalue weighted by atomic mass is 9.77. The molecule has 3 aliphatic rings. The van der Waals surface area contributed by atoms with Gasteiger partial charge in [-0.05, 0) is 129 Å². The number of likely N-dealkylation sites (N-methyl/N-ethyl adjacent to an activating group) is 1. The standard InChI is InChI=1S/C48H82IN3O13/c1-28-25-46(7,58)42(64-44-38(54)35(51(10)11)24-29(2)61-44)30(3)39(63-37-26-47(8,60-12)41(56)33(6)62-37)31(4)43(57)65-45(49)48(9,59)40(55)32(5)52(27-28)23-21-36(53)50-22-17-16-20-34-18-14-13-15-19-34/h13-15,18-19,28-33,35,37-42,44-45,54-56,58-59H,16-17,20-27H2,1-12H3,(H,50,53)/t28-,29-,30+,31-,32-,33+,35+,37+,38-,39+,40-,41+,42-,44+,45+,46-,47-,48+/m1/s1. The van der Waals surface area contributed by atoms with Gasteiger partial charge in [0.25, 0.3) is 0 Å². The van der Waals surface area contributed by atoms with Crippen molar-refractivity contribution in [2.24, 2.45) is 17.8 Å². The topological polar surface area (TPSA) is 209 Å². The lowest BCUT2D eigenvalue weighted by Crippen LogP contribution is -2.60. The minimum Gasteiger partial charge on any atom is -0.448 e. The normalized spacial score (nSPS) is 41.9. The Morgan fingerprint density at radius 2 is 1.62 bits per heavy atom. The average molecular weight is 1040 g/mol. The molecule has 0 bridgehead atoms. The largest absolute Gasteiger partial charge is 0.448 e. The number of hydrogen-bond acceptors (Lipinski definition) is 15. The van der Waals surface area contributed by atoms with Gasteiger partial charge >= 0.3 is 5.97 Å². The lowest BCUT2D eigenvalue weighted by molar-refractivity contribution is -0.317. The highest BCUT2D eigenvalue weighted by Crippen LogP contribution is 2.40. The molecular formula is C48H82IN3O13.